The average molecular weight is 526 g/mol. The fourth-order valence-corrected chi connectivity index (χ4v) is 5.46. The van der Waals surface area contributed by atoms with Crippen LogP contribution in [0.15, 0.2) is 77.7 Å². The lowest BCUT2D eigenvalue weighted by Crippen LogP contribution is -2.25. The van der Waals surface area contributed by atoms with Crippen LogP contribution in [-0.2, 0) is 11.3 Å². The van der Waals surface area contributed by atoms with Crippen LogP contribution in [-0.4, -0.2) is 24.0 Å². The summed E-state index contributed by atoms with van der Waals surface area (Å²) in [5, 5.41) is 9.58. The lowest BCUT2D eigenvalue weighted by molar-refractivity contribution is -0.274. The summed E-state index contributed by atoms with van der Waals surface area (Å²) >= 11 is 0. The van der Waals surface area contributed by atoms with Gasteiger partial charge in [-0.3, -0.25) is 0 Å². The van der Waals surface area contributed by atoms with Gasteiger partial charge in [-0.2, -0.15) is 0 Å². The summed E-state index contributed by atoms with van der Waals surface area (Å²) in [6.07, 6.45) is 6.42. The summed E-state index contributed by atoms with van der Waals surface area (Å²) in [5.74, 6) is 0.433. The number of hydrogen-bond acceptors (Lipinski definition) is 4. The maximum Gasteiger partial charge on any atom is 0.573 e. The van der Waals surface area contributed by atoms with Crippen LogP contribution < -0.4 is 9.64 Å². The number of carboxylic acids is 1. The number of fused-ring (bicyclic) bond motifs is 3. The largest absolute Gasteiger partial charge is 0.573 e. The first kappa shape index (κ1) is 25.9. The van der Waals surface area contributed by atoms with E-state index in [0.717, 1.165) is 61.2 Å². The van der Waals surface area contributed by atoms with Crippen molar-refractivity contribution in [2.45, 2.75) is 57.9 Å². The first-order valence-corrected chi connectivity index (χ1v) is 12.9. The fraction of sp³-hybridized carbons (Fsp3) is 0.367. The Hall–Kier alpha value is -3.68. The molecular weight excluding hydrogens is 495 g/mol. The topological polar surface area (TPSA) is 59.0 Å². The molecule has 8 heteroatoms. The molecule has 0 radical (unpaired) electrons. The molecule has 2 unspecified atom stereocenters. The highest BCUT2D eigenvalue weighted by molar-refractivity contribution is 5.89. The van der Waals surface area contributed by atoms with Crippen molar-refractivity contribution in [2.75, 3.05) is 11.4 Å². The Balaban J connectivity index is 1.40. The Morgan fingerprint density at radius 1 is 1.08 bits per heavy atom. The van der Waals surface area contributed by atoms with Gasteiger partial charge in [0.25, 0.3) is 0 Å². The second kappa shape index (κ2) is 10.6. The molecule has 1 saturated carbocycles. The number of aromatic carboxylic acids is 1. The number of ether oxygens (including phenoxy) is 2. The molecule has 38 heavy (non-hydrogen) atoms. The summed E-state index contributed by atoms with van der Waals surface area (Å²) in [6.45, 7) is 3.13. The molecule has 0 spiro atoms. The van der Waals surface area contributed by atoms with E-state index in [-0.39, 0.29) is 12.4 Å². The Morgan fingerprint density at radius 3 is 2.55 bits per heavy atom. The van der Waals surface area contributed by atoms with Crippen molar-refractivity contribution in [3.8, 4) is 5.75 Å². The number of hydrogen-bond donors (Lipinski definition) is 1. The molecule has 5 nitrogen and oxygen atoms in total. The number of carboxylic acid groups (broad SMARTS) is 1. The zero-order valence-electron chi connectivity index (χ0n) is 21.1. The molecule has 200 valence electrons. The molecule has 2 aromatic rings. The van der Waals surface area contributed by atoms with Crippen molar-refractivity contribution >= 4 is 11.7 Å². The lowest BCUT2D eigenvalue weighted by atomic mass is 9.69. The molecule has 1 heterocycles. The third-order valence-corrected chi connectivity index (χ3v) is 7.55. The SMILES string of the molecule is C/C1=C/C(N2CCC3CCC3c3cc(C(=O)O)ccc32)=C\C(OCc2ccc(OC(F)(F)F)cc2)=C/CC1. The van der Waals surface area contributed by atoms with Crippen LogP contribution in [0.5, 0.6) is 5.75 Å². The van der Waals surface area contributed by atoms with Gasteiger partial charge in [-0.1, -0.05) is 17.7 Å². The molecule has 1 fully saturated rings. The van der Waals surface area contributed by atoms with Gasteiger partial charge in [0.05, 0.1) is 5.56 Å². The van der Waals surface area contributed by atoms with Crippen LogP contribution in [0.4, 0.5) is 18.9 Å². The summed E-state index contributed by atoms with van der Waals surface area (Å²) < 4.78 is 47.4. The Bertz CT molecular complexity index is 1290. The molecular formula is C30H30F3NO4. The highest BCUT2D eigenvalue weighted by Crippen LogP contribution is 2.50. The number of benzene rings is 2. The predicted molar refractivity (Wildman–Crippen MR) is 138 cm³/mol. The number of nitrogens with zero attached hydrogens (tertiary/aromatic N) is 1. The van der Waals surface area contributed by atoms with E-state index in [0.29, 0.717) is 23.2 Å². The average Bonchev–Trinajstić information content (AvgIpc) is 2.93. The Labute approximate surface area is 219 Å². The second-order valence-electron chi connectivity index (χ2n) is 10.1. The number of anilines is 1. The molecule has 2 atom stereocenters. The molecule has 5 rings (SSSR count). The maximum atomic E-state index is 12.4. The fourth-order valence-electron chi connectivity index (χ4n) is 5.46. The lowest BCUT2D eigenvalue weighted by Gasteiger charge is -2.36. The Morgan fingerprint density at radius 2 is 1.87 bits per heavy atom. The van der Waals surface area contributed by atoms with Crippen LogP contribution in [0.3, 0.4) is 0 Å². The molecule has 2 aliphatic carbocycles. The standard InChI is InChI=1S/C30H30F3NO4/c1-19-3-2-4-25(37-18-20-5-9-24(10-6-20)38-30(31,32)33)17-23(15-19)34-14-13-21-7-11-26(21)27-16-22(29(35)36)8-12-28(27)34/h4-6,8-10,12,15-17,21,26H,2-3,7,11,13-14,18H2,1H3,(H,35,36)/b19-15-,23-17+,25-4+. The van der Waals surface area contributed by atoms with Crippen molar-refractivity contribution in [2.24, 2.45) is 5.92 Å². The zero-order chi connectivity index (χ0) is 26.9. The van der Waals surface area contributed by atoms with Gasteiger partial charge in [0, 0.05) is 24.0 Å². The molecule has 2 aromatic carbocycles. The van der Waals surface area contributed by atoms with Crippen molar-refractivity contribution in [1.82, 2.24) is 0 Å². The van der Waals surface area contributed by atoms with Gasteiger partial charge >= 0.3 is 12.3 Å². The molecule has 0 aromatic heterocycles. The number of carbonyl (C=O) groups is 1. The molecule has 0 saturated heterocycles. The first-order chi connectivity index (χ1) is 18.2. The zero-order valence-corrected chi connectivity index (χ0v) is 21.1. The summed E-state index contributed by atoms with van der Waals surface area (Å²) in [7, 11) is 0. The van der Waals surface area contributed by atoms with Gasteiger partial charge in [0.1, 0.15) is 18.1 Å². The smallest absolute Gasteiger partial charge is 0.489 e. The summed E-state index contributed by atoms with van der Waals surface area (Å²) in [4.78, 5) is 14.0. The third kappa shape index (κ3) is 5.90. The van der Waals surface area contributed by atoms with Gasteiger partial charge in [0.2, 0.25) is 0 Å². The minimum atomic E-state index is -4.73. The summed E-state index contributed by atoms with van der Waals surface area (Å²) in [6, 6.07) is 11.1. The van der Waals surface area contributed by atoms with Gasteiger partial charge in [0.15, 0.2) is 0 Å². The van der Waals surface area contributed by atoms with E-state index in [1.54, 1.807) is 18.2 Å². The van der Waals surface area contributed by atoms with E-state index in [2.05, 4.69) is 22.6 Å². The van der Waals surface area contributed by atoms with E-state index in [4.69, 9.17) is 4.74 Å². The van der Waals surface area contributed by atoms with Gasteiger partial charge < -0.3 is 19.5 Å². The third-order valence-electron chi connectivity index (χ3n) is 7.55. The van der Waals surface area contributed by atoms with Crippen LogP contribution in [0.2, 0.25) is 0 Å². The minimum Gasteiger partial charge on any atom is -0.489 e. The van der Waals surface area contributed by atoms with E-state index < -0.39 is 12.3 Å². The number of alkyl halides is 3. The normalized spacial score (nSPS) is 25.4. The number of allylic oxidation sites excluding steroid dienone is 4. The molecule has 1 aliphatic heterocycles. The van der Waals surface area contributed by atoms with E-state index in [1.165, 1.54) is 17.7 Å². The van der Waals surface area contributed by atoms with Crippen LogP contribution in [0, 0.1) is 5.92 Å². The van der Waals surface area contributed by atoms with Crippen LogP contribution >= 0.6 is 0 Å². The molecule has 3 aliphatic rings. The first-order valence-electron chi connectivity index (χ1n) is 12.9. The van der Waals surface area contributed by atoms with Crippen molar-refractivity contribution in [3.63, 3.8) is 0 Å². The minimum absolute atomic E-state index is 0.202. The van der Waals surface area contributed by atoms with E-state index in [9.17, 15) is 23.1 Å². The highest BCUT2D eigenvalue weighted by atomic mass is 19.4. The number of halogens is 3. The summed E-state index contributed by atoms with van der Waals surface area (Å²) in [5.41, 5.74) is 5.39. The van der Waals surface area contributed by atoms with Gasteiger partial charge in [-0.05, 0) is 104 Å². The van der Waals surface area contributed by atoms with Crippen molar-refractivity contribution in [3.05, 3.63) is 94.4 Å². The van der Waals surface area contributed by atoms with Crippen molar-refractivity contribution < 1.29 is 32.5 Å². The number of rotatable bonds is 6. The van der Waals surface area contributed by atoms with Gasteiger partial charge in [-0.15, -0.1) is 13.2 Å². The predicted octanol–water partition coefficient (Wildman–Crippen LogP) is 7.71. The van der Waals surface area contributed by atoms with Gasteiger partial charge in [-0.25, -0.2) is 4.79 Å². The van der Waals surface area contributed by atoms with Crippen LogP contribution in [0.25, 0.3) is 0 Å². The van der Waals surface area contributed by atoms with Crippen molar-refractivity contribution in [1.29, 1.82) is 0 Å². The monoisotopic (exact) mass is 525 g/mol. The second-order valence-corrected chi connectivity index (χ2v) is 10.1. The quantitative estimate of drug-likeness (QED) is 0.419. The Kier molecular flexibility index (Phi) is 7.23. The maximum absolute atomic E-state index is 12.4. The molecule has 0 amide bonds. The molecule has 1 N–H and O–H groups in total. The molecule has 0 bridgehead atoms. The van der Waals surface area contributed by atoms with E-state index >= 15 is 0 Å². The van der Waals surface area contributed by atoms with Crippen LogP contribution in [0.1, 0.15) is 66.4 Å². The highest BCUT2D eigenvalue weighted by Gasteiger charge is 2.38. The van der Waals surface area contributed by atoms with E-state index in [1.807, 2.05) is 24.3 Å².